The van der Waals surface area contributed by atoms with Crippen molar-refractivity contribution in [2.45, 2.75) is 64.8 Å². The summed E-state index contributed by atoms with van der Waals surface area (Å²) in [6.45, 7) is 10.5. The van der Waals surface area contributed by atoms with Gasteiger partial charge >= 0.3 is 6.09 Å². The SMILES string of the molecule is CO[C@H]1COCC[C@H]1n1cccc(Nc2cc(N(C)C(=O)OC(C)(C)C)n3ncc(C4=CN(C(C)C)NN4)c3n2)c1=O. The number of ether oxygens (including phenoxy) is 3. The van der Waals surface area contributed by atoms with Gasteiger partial charge in [0.2, 0.25) is 0 Å². The lowest BCUT2D eigenvalue weighted by molar-refractivity contribution is -0.0609. The lowest BCUT2D eigenvalue weighted by Crippen LogP contribution is -2.40. The number of hydrazine groups is 2. The molecule has 3 aromatic heterocycles. The van der Waals surface area contributed by atoms with E-state index in [1.54, 1.807) is 68.5 Å². The van der Waals surface area contributed by atoms with Crippen molar-refractivity contribution in [3.05, 3.63) is 52.7 Å². The second-order valence-corrected chi connectivity index (χ2v) is 11.6. The third-order valence-corrected chi connectivity index (χ3v) is 7.06. The van der Waals surface area contributed by atoms with E-state index in [1.807, 2.05) is 17.3 Å². The molecule has 14 nitrogen and oxygen atoms in total. The molecule has 0 unspecified atom stereocenters. The molecule has 0 saturated carbocycles. The first-order valence-corrected chi connectivity index (χ1v) is 13.9. The number of methoxy groups -OCH3 is 1. The highest BCUT2D eigenvalue weighted by Crippen LogP contribution is 2.28. The van der Waals surface area contributed by atoms with E-state index in [9.17, 15) is 9.59 Å². The number of pyridine rings is 1. The minimum atomic E-state index is -0.697. The van der Waals surface area contributed by atoms with Crippen molar-refractivity contribution in [3.8, 4) is 0 Å². The van der Waals surface area contributed by atoms with E-state index in [2.05, 4.69) is 35.2 Å². The monoisotopic (exact) mass is 581 g/mol. The fraction of sp³-hybridized carbons (Fsp3) is 0.500. The quantitative estimate of drug-likeness (QED) is 0.379. The Morgan fingerprint density at radius 3 is 2.79 bits per heavy atom. The Kier molecular flexibility index (Phi) is 8.12. The number of amides is 1. The first-order chi connectivity index (χ1) is 20.0. The van der Waals surface area contributed by atoms with Crippen LogP contribution in [0.5, 0.6) is 0 Å². The molecule has 0 spiro atoms. The molecule has 2 aliphatic rings. The Morgan fingerprint density at radius 2 is 2.10 bits per heavy atom. The Morgan fingerprint density at radius 1 is 1.31 bits per heavy atom. The van der Waals surface area contributed by atoms with E-state index in [0.717, 1.165) is 5.70 Å². The summed E-state index contributed by atoms with van der Waals surface area (Å²) in [5.74, 6) is 0.752. The maximum absolute atomic E-state index is 13.6. The van der Waals surface area contributed by atoms with Crippen LogP contribution in [0.3, 0.4) is 0 Å². The second-order valence-electron chi connectivity index (χ2n) is 11.6. The molecule has 14 heteroatoms. The van der Waals surface area contributed by atoms with Gasteiger partial charge in [0.25, 0.3) is 5.56 Å². The van der Waals surface area contributed by atoms with Crippen LogP contribution in [0.2, 0.25) is 0 Å². The number of hydrogen-bond donors (Lipinski definition) is 3. The van der Waals surface area contributed by atoms with E-state index in [1.165, 1.54) is 4.90 Å². The first-order valence-electron chi connectivity index (χ1n) is 13.9. The molecule has 0 aliphatic carbocycles. The molecule has 0 radical (unpaired) electrons. The van der Waals surface area contributed by atoms with E-state index in [-0.39, 0.29) is 23.7 Å². The maximum atomic E-state index is 13.6. The van der Waals surface area contributed by atoms with Gasteiger partial charge in [-0.25, -0.2) is 9.78 Å². The smallest absolute Gasteiger partial charge is 0.415 e. The van der Waals surface area contributed by atoms with Crippen molar-refractivity contribution in [1.82, 2.24) is 35.1 Å². The summed E-state index contributed by atoms with van der Waals surface area (Å²) < 4.78 is 20.0. The van der Waals surface area contributed by atoms with Gasteiger partial charge in [0.15, 0.2) is 5.65 Å². The van der Waals surface area contributed by atoms with Crippen LogP contribution in [0.15, 0.2) is 41.6 Å². The van der Waals surface area contributed by atoms with Crippen molar-refractivity contribution in [3.63, 3.8) is 0 Å². The molecule has 3 N–H and O–H groups in total. The summed E-state index contributed by atoms with van der Waals surface area (Å²) >= 11 is 0. The number of carbonyl (C=O) groups is 1. The van der Waals surface area contributed by atoms with Crippen LogP contribution in [-0.2, 0) is 14.2 Å². The number of nitrogens with zero attached hydrogens (tertiary/aromatic N) is 6. The lowest BCUT2D eigenvalue weighted by atomic mass is 10.1. The first kappa shape index (κ1) is 29.4. The molecule has 1 amide bonds. The molecular weight excluding hydrogens is 542 g/mol. The fourth-order valence-corrected chi connectivity index (χ4v) is 4.86. The maximum Gasteiger partial charge on any atom is 0.415 e. The third kappa shape index (κ3) is 5.91. The molecule has 0 bridgehead atoms. The summed E-state index contributed by atoms with van der Waals surface area (Å²) in [7, 11) is 3.23. The van der Waals surface area contributed by atoms with E-state index < -0.39 is 11.7 Å². The Labute approximate surface area is 244 Å². The Balaban J connectivity index is 1.57. The molecule has 2 atom stereocenters. The van der Waals surface area contributed by atoms with Crippen LogP contribution in [0.1, 0.15) is 52.6 Å². The topological polar surface area (TPSA) is 140 Å². The summed E-state index contributed by atoms with van der Waals surface area (Å²) in [4.78, 5) is 32.9. The van der Waals surface area contributed by atoms with Crippen LogP contribution in [0.4, 0.5) is 22.1 Å². The number of rotatable bonds is 7. The molecule has 0 aromatic carbocycles. The van der Waals surface area contributed by atoms with Gasteiger partial charge in [0, 0.05) is 45.3 Å². The van der Waals surface area contributed by atoms with Gasteiger partial charge < -0.3 is 29.5 Å². The molecule has 1 saturated heterocycles. The summed E-state index contributed by atoms with van der Waals surface area (Å²) in [5, 5.41) is 9.66. The number of nitrogens with one attached hydrogen (secondary N) is 3. The van der Waals surface area contributed by atoms with Crippen LogP contribution in [-0.4, -0.2) is 75.4 Å². The Hall–Kier alpha value is -4.14. The largest absolute Gasteiger partial charge is 0.443 e. The zero-order chi connectivity index (χ0) is 30.2. The number of fused-ring (bicyclic) bond motifs is 1. The molecule has 3 aromatic rings. The van der Waals surface area contributed by atoms with Crippen molar-refractivity contribution in [2.75, 3.05) is 37.6 Å². The molecule has 42 heavy (non-hydrogen) atoms. The van der Waals surface area contributed by atoms with Crippen LogP contribution < -0.4 is 26.7 Å². The van der Waals surface area contributed by atoms with Crippen LogP contribution >= 0.6 is 0 Å². The predicted octanol–water partition coefficient (Wildman–Crippen LogP) is 3.01. The molecule has 1 fully saturated rings. The van der Waals surface area contributed by atoms with Gasteiger partial charge in [-0.3, -0.25) is 14.7 Å². The van der Waals surface area contributed by atoms with Crippen LogP contribution in [0.25, 0.3) is 11.3 Å². The lowest BCUT2D eigenvalue weighted by Gasteiger charge is -2.32. The standard InChI is InChI=1S/C28H39N9O5/c1-17(2)36-15-20(32-33-36)18-14-29-37-24(34(6)27(39)42-28(3,4)5)13-23(31-25(18)37)30-19-9-8-11-35(26(19)38)21-10-12-41-16-22(21)40-7/h8-9,11,13-15,17,21-22,32-33H,10,12,16H2,1-7H3,(H,30,31)/t21-,22+/m1/s1. The third-order valence-electron chi connectivity index (χ3n) is 7.06. The van der Waals surface area contributed by atoms with Crippen molar-refractivity contribution in [1.29, 1.82) is 0 Å². The minimum Gasteiger partial charge on any atom is -0.443 e. The molecule has 5 heterocycles. The van der Waals surface area contributed by atoms with Gasteiger partial charge in [-0.15, -0.1) is 5.53 Å². The number of carbonyl (C=O) groups excluding carboxylic acids is 1. The van der Waals surface area contributed by atoms with Gasteiger partial charge in [-0.2, -0.15) is 9.61 Å². The average molecular weight is 582 g/mol. The second kappa shape index (κ2) is 11.6. The molecule has 226 valence electrons. The summed E-state index contributed by atoms with van der Waals surface area (Å²) in [6, 6.07) is 5.20. The molecular formula is C28H39N9O5. The summed E-state index contributed by atoms with van der Waals surface area (Å²) in [5.41, 5.74) is 7.60. The van der Waals surface area contributed by atoms with Crippen molar-refractivity contribution >= 4 is 34.8 Å². The summed E-state index contributed by atoms with van der Waals surface area (Å²) in [6.07, 6.45) is 5.21. The van der Waals surface area contributed by atoms with Crippen LogP contribution in [0, 0.1) is 0 Å². The normalized spacial score (nSPS) is 19.1. The van der Waals surface area contributed by atoms with Crippen molar-refractivity contribution in [2.24, 2.45) is 0 Å². The average Bonchev–Trinajstić information content (AvgIpc) is 3.60. The van der Waals surface area contributed by atoms with E-state index in [4.69, 9.17) is 19.2 Å². The Bertz CT molecular complexity index is 1540. The van der Waals surface area contributed by atoms with Crippen molar-refractivity contribution < 1.29 is 19.0 Å². The zero-order valence-corrected chi connectivity index (χ0v) is 25.0. The highest BCUT2D eigenvalue weighted by atomic mass is 16.6. The highest BCUT2D eigenvalue weighted by Gasteiger charge is 2.29. The fourth-order valence-electron chi connectivity index (χ4n) is 4.86. The van der Waals surface area contributed by atoms with Gasteiger partial charge in [0.1, 0.15) is 29.0 Å². The van der Waals surface area contributed by atoms with E-state index in [0.29, 0.717) is 48.2 Å². The number of aromatic nitrogens is 4. The molecule has 5 rings (SSSR count). The van der Waals surface area contributed by atoms with Gasteiger partial charge in [-0.1, -0.05) is 0 Å². The van der Waals surface area contributed by atoms with Gasteiger partial charge in [0.05, 0.1) is 30.1 Å². The zero-order valence-electron chi connectivity index (χ0n) is 25.0. The predicted molar refractivity (Wildman–Crippen MR) is 158 cm³/mol. The minimum absolute atomic E-state index is 0.166. The van der Waals surface area contributed by atoms with Gasteiger partial charge in [-0.05, 0) is 53.2 Å². The van der Waals surface area contributed by atoms with E-state index >= 15 is 0 Å². The number of anilines is 3. The molecule has 2 aliphatic heterocycles. The number of hydrogen-bond acceptors (Lipinski definition) is 11. The highest BCUT2D eigenvalue weighted by molar-refractivity contribution is 5.88.